The largest absolute Gasteiger partial charge is 0.293 e. The minimum atomic E-state index is -0.0150. The lowest BCUT2D eigenvalue weighted by molar-refractivity contribution is 0.0988. The second kappa shape index (κ2) is 6.76. The van der Waals surface area contributed by atoms with E-state index in [0.29, 0.717) is 0 Å². The van der Waals surface area contributed by atoms with Crippen LogP contribution in [0.2, 0.25) is 0 Å². The van der Waals surface area contributed by atoms with Gasteiger partial charge in [0.05, 0.1) is 5.25 Å². The molecule has 1 nitrogen and oxygen atoms in total. The van der Waals surface area contributed by atoms with Crippen LogP contribution >= 0.6 is 11.8 Å². The van der Waals surface area contributed by atoms with Crippen molar-refractivity contribution in [2.45, 2.75) is 37.3 Å². The van der Waals surface area contributed by atoms with E-state index in [4.69, 9.17) is 0 Å². The van der Waals surface area contributed by atoms with E-state index in [2.05, 4.69) is 39.0 Å². The first kappa shape index (κ1) is 14.9. The Morgan fingerprint density at radius 2 is 1.80 bits per heavy atom. The van der Waals surface area contributed by atoms with Gasteiger partial charge in [0.25, 0.3) is 0 Å². The molecule has 0 aliphatic heterocycles. The third kappa shape index (κ3) is 3.51. The summed E-state index contributed by atoms with van der Waals surface area (Å²) in [4.78, 5) is 13.7. The number of ketones is 1. The number of rotatable bonds is 5. The van der Waals surface area contributed by atoms with E-state index in [1.54, 1.807) is 11.8 Å². The predicted molar refractivity (Wildman–Crippen MR) is 86.6 cm³/mol. The molecular formula is C18H20OS. The molecule has 104 valence electrons. The van der Waals surface area contributed by atoms with Gasteiger partial charge in [0.1, 0.15) is 0 Å². The number of hydrogen-bond acceptors (Lipinski definition) is 2. The molecule has 0 saturated heterocycles. The molecule has 0 amide bonds. The lowest BCUT2D eigenvalue weighted by Gasteiger charge is -2.15. The van der Waals surface area contributed by atoms with Gasteiger partial charge in [-0.2, -0.15) is 0 Å². The van der Waals surface area contributed by atoms with Crippen molar-refractivity contribution in [3.05, 3.63) is 65.2 Å². The van der Waals surface area contributed by atoms with Crippen LogP contribution in [0.1, 0.15) is 34.8 Å². The summed E-state index contributed by atoms with van der Waals surface area (Å²) in [6, 6.07) is 16.0. The number of benzene rings is 2. The van der Waals surface area contributed by atoms with Crippen LogP contribution in [0.3, 0.4) is 0 Å². The summed E-state index contributed by atoms with van der Waals surface area (Å²) in [5, 5.41) is -0.0150. The summed E-state index contributed by atoms with van der Waals surface area (Å²) in [6.45, 7) is 6.27. The number of carbonyl (C=O) groups excluding carboxylic acids is 1. The highest BCUT2D eigenvalue weighted by Gasteiger charge is 2.20. The number of thioether (sulfide) groups is 1. The van der Waals surface area contributed by atoms with Crippen LogP contribution in [0.5, 0.6) is 0 Å². The molecular weight excluding hydrogens is 264 g/mol. The van der Waals surface area contributed by atoms with E-state index >= 15 is 0 Å². The Morgan fingerprint density at radius 3 is 2.40 bits per heavy atom. The highest BCUT2D eigenvalue weighted by molar-refractivity contribution is 8.00. The molecule has 0 aliphatic carbocycles. The van der Waals surface area contributed by atoms with E-state index in [9.17, 15) is 4.79 Å². The Kier molecular flexibility index (Phi) is 5.02. The molecule has 0 fully saturated rings. The Bertz CT molecular complexity index is 590. The van der Waals surface area contributed by atoms with Gasteiger partial charge in [0, 0.05) is 10.5 Å². The van der Waals surface area contributed by atoms with Crippen molar-refractivity contribution in [2.24, 2.45) is 0 Å². The predicted octanol–water partition coefficient (Wildman–Crippen LogP) is 5.06. The van der Waals surface area contributed by atoms with Crippen molar-refractivity contribution in [2.75, 3.05) is 0 Å². The minimum Gasteiger partial charge on any atom is -0.293 e. The molecule has 20 heavy (non-hydrogen) atoms. The maximum Gasteiger partial charge on any atom is 0.176 e. The Hall–Kier alpha value is -1.54. The lowest BCUT2D eigenvalue weighted by atomic mass is 10.1. The first-order chi connectivity index (χ1) is 9.61. The normalized spacial score (nSPS) is 12.2. The fourth-order valence-electron chi connectivity index (χ4n) is 2.20. The third-order valence-corrected chi connectivity index (χ3v) is 4.87. The van der Waals surface area contributed by atoms with Gasteiger partial charge in [-0.25, -0.2) is 0 Å². The topological polar surface area (TPSA) is 17.1 Å². The van der Waals surface area contributed by atoms with Crippen LogP contribution in [0, 0.1) is 13.8 Å². The highest BCUT2D eigenvalue weighted by Crippen LogP contribution is 2.30. The van der Waals surface area contributed by atoms with E-state index in [1.165, 1.54) is 16.0 Å². The smallest absolute Gasteiger partial charge is 0.176 e. The zero-order chi connectivity index (χ0) is 14.5. The summed E-state index contributed by atoms with van der Waals surface area (Å²) >= 11 is 1.68. The van der Waals surface area contributed by atoms with Crippen molar-refractivity contribution in [3.63, 3.8) is 0 Å². The average molecular weight is 284 g/mol. The molecule has 2 aromatic carbocycles. The zero-order valence-corrected chi connectivity index (χ0v) is 13.0. The van der Waals surface area contributed by atoms with Crippen molar-refractivity contribution in [3.8, 4) is 0 Å². The molecule has 1 unspecified atom stereocenters. The Morgan fingerprint density at radius 1 is 1.10 bits per heavy atom. The first-order valence-corrected chi connectivity index (χ1v) is 7.83. The van der Waals surface area contributed by atoms with Crippen LogP contribution in [0.15, 0.2) is 53.4 Å². The Balaban J connectivity index is 2.19. The highest BCUT2D eigenvalue weighted by atomic mass is 32.2. The van der Waals surface area contributed by atoms with Crippen LogP contribution in [-0.2, 0) is 0 Å². The molecule has 2 heteroatoms. The van der Waals surface area contributed by atoms with Gasteiger partial charge >= 0.3 is 0 Å². The average Bonchev–Trinajstić information content (AvgIpc) is 2.47. The molecule has 0 heterocycles. The number of hydrogen-bond donors (Lipinski definition) is 0. The third-order valence-electron chi connectivity index (χ3n) is 3.32. The molecule has 2 rings (SSSR count). The molecule has 0 N–H and O–H groups in total. The number of Topliss-reactive ketones (excluding diaryl/α,β-unsaturated/α-hetero) is 1. The molecule has 0 radical (unpaired) electrons. The van der Waals surface area contributed by atoms with Gasteiger partial charge in [-0.3, -0.25) is 4.79 Å². The maximum atomic E-state index is 12.5. The zero-order valence-electron chi connectivity index (χ0n) is 12.2. The van der Waals surface area contributed by atoms with E-state index in [1.807, 2.05) is 30.3 Å². The van der Waals surface area contributed by atoms with Crippen LogP contribution < -0.4 is 0 Å². The van der Waals surface area contributed by atoms with Gasteiger partial charge < -0.3 is 0 Å². The molecule has 0 aliphatic rings. The minimum absolute atomic E-state index is 0.0150. The van der Waals surface area contributed by atoms with Crippen molar-refractivity contribution >= 4 is 17.5 Å². The molecule has 0 saturated carbocycles. The summed E-state index contributed by atoms with van der Waals surface area (Å²) in [6.07, 6.45) is 0.839. The van der Waals surface area contributed by atoms with Crippen LogP contribution in [-0.4, -0.2) is 11.0 Å². The Labute approximate surface area is 125 Å². The SMILES string of the molecule is CCC(Sc1ccc(C)cc1C)C(=O)c1ccccc1. The number of carbonyl (C=O) groups is 1. The van der Waals surface area contributed by atoms with E-state index in [0.717, 1.165) is 12.0 Å². The van der Waals surface area contributed by atoms with E-state index < -0.39 is 0 Å². The van der Waals surface area contributed by atoms with E-state index in [-0.39, 0.29) is 11.0 Å². The van der Waals surface area contributed by atoms with Crippen molar-refractivity contribution in [1.29, 1.82) is 0 Å². The fourth-order valence-corrected chi connectivity index (χ4v) is 3.30. The summed E-state index contributed by atoms with van der Waals surface area (Å²) < 4.78 is 0. The fraction of sp³-hybridized carbons (Fsp3) is 0.278. The molecule has 0 bridgehead atoms. The van der Waals surface area contributed by atoms with Crippen molar-refractivity contribution in [1.82, 2.24) is 0 Å². The maximum absolute atomic E-state index is 12.5. The lowest BCUT2D eigenvalue weighted by Crippen LogP contribution is -2.16. The molecule has 2 aromatic rings. The monoisotopic (exact) mass is 284 g/mol. The van der Waals surface area contributed by atoms with Crippen molar-refractivity contribution < 1.29 is 4.79 Å². The van der Waals surface area contributed by atoms with Crippen LogP contribution in [0.4, 0.5) is 0 Å². The second-order valence-corrected chi connectivity index (χ2v) is 6.26. The van der Waals surface area contributed by atoms with Gasteiger partial charge in [0.15, 0.2) is 5.78 Å². The van der Waals surface area contributed by atoms with Gasteiger partial charge in [-0.1, -0.05) is 55.0 Å². The summed E-state index contributed by atoms with van der Waals surface area (Å²) in [5.74, 6) is 0.220. The van der Waals surface area contributed by atoms with Gasteiger partial charge in [0.2, 0.25) is 0 Å². The van der Waals surface area contributed by atoms with Crippen LogP contribution in [0.25, 0.3) is 0 Å². The summed E-state index contributed by atoms with van der Waals surface area (Å²) in [7, 11) is 0. The quantitative estimate of drug-likeness (QED) is 0.564. The van der Waals surface area contributed by atoms with Gasteiger partial charge in [-0.05, 0) is 31.9 Å². The molecule has 0 spiro atoms. The van der Waals surface area contributed by atoms with Gasteiger partial charge in [-0.15, -0.1) is 11.8 Å². The standard InChI is InChI=1S/C18H20OS/c1-4-16(18(19)15-8-6-5-7-9-15)20-17-11-10-13(2)12-14(17)3/h5-12,16H,4H2,1-3H3. The molecule has 1 atom stereocenters. The first-order valence-electron chi connectivity index (χ1n) is 6.95. The summed E-state index contributed by atoms with van der Waals surface area (Å²) in [5.41, 5.74) is 3.31. The number of aryl methyl sites for hydroxylation is 2. The molecule has 0 aromatic heterocycles. The second-order valence-electron chi connectivity index (χ2n) is 5.01.